The van der Waals surface area contributed by atoms with Crippen LogP contribution in [0.4, 0.5) is 19.0 Å². The van der Waals surface area contributed by atoms with Gasteiger partial charge in [-0.3, -0.25) is 9.59 Å². The number of halogens is 3. The Hall–Kier alpha value is -3.33. The first kappa shape index (κ1) is 23.4. The minimum absolute atomic E-state index is 0.0374. The predicted octanol–water partition coefficient (Wildman–Crippen LogP) is 5.95. The number of carbonyl (C=O) groups is 1. The first-order valence-electron chi connectivity index (χ1n) is 11.2. The van der Waals surface area contributed by atoms with Crippen molar-refractivity contribution >= 4 is 23.4 Å². The molecule has 2 aromatic carbocycles. The van der Waals surface area contributed by atoms with Gasteiger partial charge < -0.3 is 10.3 Å². The third-order valence-corrected chi connectivity index (χ3v) is 7.25. The number of anilines is 1. The van der Waals surface area contributed by atoms with Crippen LogP contribution >= 0.6 is 11.8 Å². The standard InChI is InChI=1S/C26H22F3N3O2S/c1-14-9-11-15(12-10-14)13-35-25-31-23-22(24(34)32-25)20(21-18(30-23)7-4-8-19(21)33)16-5-2-3-6-17(16)26(27,28)29/h2-3,5-6,9-12,20H,4,7-8,13H2,1H3,(H2,30,31,32,34). The van der Waals surface area contributed by atoms with E-state index in [-0.39, 0.29) is 34.7 Å². The number of carbonyl (C=O) groups excluding carboxylic acids is 1. The molecule has 0 saturated carbocycles. The number of thioether (sulfide) groups is 1. The fraction of sp³-hybridized carbons (Fsp3) is 0.269. The molecule has 0 bridgehead atoms. The van der Waals surface area contributed by atoms with Gasteiger partial charge in [0, 0.05) is 29.4 Å². The van der Waals surface area contributed by atoms with Crippen LogP contribution in [0.2, 0.25) is 0 Å². The van der Waals surface area contributed by atoms with E-state index < -0.39 is 23.2 Å². The number of fused-ring (bicyclic) bond motifs is 1. The van der Waals surface area contributed by atoms with E-state index in [4.69, 9.17) is 0 Å². The van der Waals surface area contributed by atoms with Crippen molar-refractivity contribution in [3.8, 4) is 0 Å². The average molecular weight is 498 g/mol. The lowest BCUT2D eigenvalue weighted by molar-refractivity contribution is -0.138. The summed E-state index contributed by atoms with van der Waals surface area (Å²) in [5.74, 6) is -0.618. The van der Waals surface area contributed by atoms with E-state index in [0.29, 0.717) is 29.4 Å². The van der Waals surface area contributed by atoms with E-state index in [0.717, 1.165) is 17.2 Å². The highest BCUT2D eigenvalue weighted by molar-refractivity contribution is 7.98. The Labute approximate surface area is 203 Å². The van der Waals surface area contributed by atoms with Crippen LogP contribution in [0.1, 0.15) is 53.0 Å². The monoisotopic (exact) mass is 497 g/mol. The molecular weight excluding hydrogens is 475 g/mol. The Kier molecular flexibility index (Phi) is 6.04. The van der Waals surface area contributed by atoms with Crippen LogP contribution in [0.25, 0.3) is 0 Å². The van der Waals surface area contributed by atoms with Crippen molar-refractivity contribution < 1.29 is 18.0 Å². The van der Waals surface area contributed by atoms with Crippen LogP contribution in [-0.2, 0) is 16.7 Å². The molecule has 1 aliphatic carbocycles. The molecule has 0 saturated heterocycles. The molecular formula is C26H22F3N3O2S. The summed E-state index contributed by atoms with van der Waals surface area (Å²) in [6.07, 6.45) is -3.31. The molecule has 0 fully saturated rings. The fourth-order valence-corrected chi connectivity index (χ4v) is 5.48. The van der Waals surface area contributed by atoms with Gasteiger partial charge in [-0.25, -0.2) is 4.98 Å². The van der Waals surface area contributed by atoms with Gasteiger partial charge in [0.05, 0.1) is 11.1 Å². The fourth-order valence-electron chi connectivity index (χ4n) is 4.66. The second-order valence-corrected chi connectivity index (χ2v) is 9.68. The lowest BCUT2D eigenvalue weighted by Gasteiger charge is -2.33. The minimum Gasteiger partial charge on any atom is -0.343 e. The number of alkyl halides is 3. The van der Waals surface area contributed by atoms with E-state index in [9.17, 15) is 22.8 Å². The molecule has 1 unspecified atom stereocenters. The highest BCUT2D eigenvalue weighted by Gasteiger charge is 2.42. The Morgan fingerprint density at radius 3 is 2.54 bits per heavy atom. The summed E-state index contributed by atoms with van der Waals surface area (Å²) in [4.78, 5) is 33.5. The zero-order valence-electron chi connectivity index (χ0n) is 18.8. The van der Waals surface area contributed by atoms with Gasteiger partial charge in [-0.2, -0.15) is 13.2 Å². The zero-order valence-corrected chi connectivity index (χ0v) is 19.6. The number of aromatic nitrogens is 2. The first-order valence-corrected chi connectivity index (χ1v) is 12.2. The molecule has 0 amide bonds. The van der Waals surface area contributed by atoms with Crippen molar-refractivity contribution in [1.82, 2.24) is 9.97 Å². The number of hydrogen-bond acceptors (Lipinski definition) is 5. The van der Waals surface area contributed by atoms with Gasteiger partial charge in [0.25, 0.3) is 5.56 Å². The lowest BCUT2D eigenvalue weighted by Crippen LogP contribution is -2.33. The van der Waals surface area contributed by atoms with Crippen molar-refractivity contribution in [2.75, 3.05) is 5.32 Å². The van der Waals surface area contributed by atoms with Crippen molar-refractivity contribution in [2.24, 2.45) is 0 Å². The van der Waals surface area contributed by atoms with Gasteiger partial charge in [0.2, 0.25) is 0 Å². The quantitative estimate of drug-likeness (QED) is 0.344. The van der Waals surface area contributed by atoms with Crippen LogP contribution in [0.3, 0.4) is 0 Å². The van der Waals surface area contributed by atoms with E-state index in [2.05, 4.69) is 15.3 Å². The second-order valence-electron chi connectivity index (χ2n) is 8.72. The summed E-state index contributed by atoms with van der Waals surface area (Å²) in [7, 11) is 0. The van der Waals surface area contributed by atoms with E-state index in [1.54, 1.807) is 0 Å². The predicted molar refractivity (Wildman–Crippen MR) is 128 cm³/mol. The van der Waals surface area contributed by atoms with Gasteiger partial charge >= 0.3 is 6.18 Å². The van der Waals surface area contributed by atoms with Gasteiger partial charge in [-0.15, -0.1) is 0 Å². The second kappa shape index (κ2) is 9.03. The van der Waals surface area contributed by atoms with Gasteiger partial charge in [-0.05, 0) is 37.0 Å². The zero-order chi connectivity index (χ0) is 24.7. The topological polar surface area (TPSA) is 74.8 Å². The molecule has 0 radical (unpaired) electrons. The summed E-state index contributed by atoms with van der Waals surface area (Å²) < 4.78 is 41.8. The minimum atomic E-state index is -4.63. The maximum atomic E-state index is 13.9. The maximum Gasteiger partial charge on any atom is 0.416 e. The summed E-state index contributed by atoms with van der Waals surface area (Å²) >= 11 is 1.33. The molecule has 0 spiro atoms. The Bertz CT molecular complexity index is 1390. The van der Waals surface area contributed by atoms with E-state index in [1.165, 1.54) is 30.0 Å². The van der Waals surface area contributed by atoms with Crippen molar-refractivity contribution in [2.45, 2.75) is 49.2 Å². The number of H-pyrrole nitrogens is 1. The number of hydrogen-bond donors (Lipinski definition) is 2. The third-order valence-electron chi connectivity index (χ3n) is 6.31. The highest BCUT2D eigenvalue weighted by Crippen LogP contribution is 2.46. The number of allylic oxidation sites excluding steroid dienone is 2. The first-order chi connectivity index (χ1) is 16.7. The number of ketones is 1. The number of aryl methyl sites for hydroxylation is 1. The van der Waals surface area contributed by atoms with Gasteiger partial charge in [0.15, 0.2) is 10.9 Å². The molecule has 2 N–H and O–H groups in total. The normalized spacial score (nSPS) is 17.6. The summed E-state index contributed by atoms with van der Waals surface area (Å²) in [6, 6.07) is 13.1. The Morgan fingerprint density at radius 1 is 1.06 bits per heavy atom. The molecule has 5 rings (SSSR count). The molecule has 9 heteroatoms. The molecule has 1 atom stereocenters. The number of nitrogens with one attached hydrogen (secondary N) is 2. The summed E-state index contributed by atoms with van der Waals surface area (Å²) in [6.45, 7) is 2.00. The molecule has 3 aromatic rings. The Morgan fingerprint density at radius 2 is 1.80 bits per heavy atom. The molecule has 5 nitrogen and oxygen atoms in total. The van der Waals surface area contributed by atoms with Crippen LogP contribution in [-0.4, -0.2) is 15.8 Å². The molecule has 1 aliphatic heterocycles. The molecule has 180 valence electrons. The van der Waals surface area contributed by atoms with Crippen molar-refractivity contribution in [1.29, 1.82) is 0 Å². The van der Waals surface area contributed by atoms with Crippen LogP contribution < -0.4 is 10.9 Å². The van der Waals surface area contributed by atoms with Crippen molar-refractivity contribution in [3.63, 3.8) is 0 Å². The number of rotatable bonds is 4. The number of aromatic amines is 1. The number of benzene rings is 2. The number of nitrogens with zero attached hydrogens (tertiary/aromatic N) is 1. The third kappa shape index (κ3) is 4.52. The highest BCUT2D eigenvalue weighted by atomic mass is 32.2. The van der Waals surface area contributed by atoms with Crippen LogP contribution in [0.5, 0.6) is 0 Å². The van der Waals surface area contributed by atoms with E-state index in [1.807, 2.05) is 31.2 Å². The smallest absolute Gasteiger partial charge is 0.343 e. The largest absolute Gasteiger partial charge is 0.416 e. The molecule has 2 heterocycles. The maximum absolute atomic E-state index is 13.9. The molecule has 2 aliphatic rings. The lowest BCUT2D eigenvalue weighted by atomic mass is 9.75. The van der Waals surface area contributed by atoms with Gasteiger partial charge in [-0.1, -0.05) is 59.8 Å². The van der Waals surface area contributed by atoms with Gasteiger partial charge in [0.1, 0.15) is 5.82 Å². The SMILES string of the molecule is Cc1ccc(CSc2nc3c(c(=O)[nH]2)C(c2ccccc2C(F)(F)F)C2=C(CCCC2=O)N3)cc1. The number of Topliss-reactive ketones (excluding diaryl/α,β-unsaturated/α-hetero) is 1. The molecule has 1 aromatic heterocycles. The average Bonchev–Trinajstić information content (AvgIpc) is 2.82. The van der Waals surface area contributed by atoms with E-state index >= 15 is 0 Å². The van der Waals surface area contributed by atoms with Crippen LogP contribution in [0, 0.1) is 6.92 Å². The molecule has 35 heavy (non-hydrogen) atoms. The summed E-state index contributed by atoms with van der Waals surface area (Å²) in [5.41, 5.74) is 1.47. The van der Waals surface area contributed by atoms with Crippen molar-refractivity contribution in [3.05, 3.63) is 98.0 Å². The summed E-state index contributed by atoms with van der Waals surface area (Å²) in [5, 5.41) is 3.46. The van der Waals surface area contributed by atoms with Crippen LogP contribution in [0.15, 0.2) is 69.8 Å². The Balaban J connectivity index is 1.61.